The Morgan fingerprint density at radius 1 is 1.11 bits per heavy atom. The van der Waals surface area contributed by atoms with E-state index in [0.717, 1.165) is 18.4 Å². The van der Waals surface area contributed by atoms with Crippen LogP contribution in [0.4, 0.5) is 13.6 Å². The number of benzene rings is 1. The highest BCUT2D eigenvalue weighted by Crippen LogP contribution is 2.14. The zero-order valence-electron chi connectivity index (χ0n) is 16.6. The van der Waals surface area contributed by atoms with Gasteiger partial charge in [-0.25, -0.2) is 4.79 Å². The second kappa shape index (κ2) is 10.6. The van der Waals surface area contributed by atoms with Crippen LogP contribution in [0.15, 0.2) is 24.3 Å². The summed E-state index contributed by atoms with van der Waals surface area (Å²) >= 11 is 0. The number of hydrazine groups is 1. The van der Waals surface area contributed by atoms with Crippen LogP contribution in [-0.4, -0.2) is 41.4 Å². The first-order valence-corrected chi connectivity index (χ1v) is 8.98. The number of unbranched alkanes of at least 4 members (excludes halogenated alkanes) is 1. The minimum Gasteiger partial charge on any atom is -0.444 e. The second-order valence-corrected chi connectivity index (χ2v) is 7.20. The molecule has 0 radical (unpaired) electrons. The van der Waals surface area contributed by atoms with Crippen molar-refractivity contribution in [2.45, 2.75) is 59.1 Å². The van der Waals surface area contributed by atoms with Gasteiger partial charge in [0.05, 0.1) is 0 Å². The van der Waals surface area contributed by atoms with E-state index in [1.807, 2.05) is 12.3 Å². The van der Waals surface area contributed by atoms with Crippen molar-refractivity contribution in [1.29, 1.82) is 0 Å². The van der Waals surface area contributed by atoms with E-state index in [4.69, 9.17) is 4.74 Å². The fraction of sp³-hybridized carbons (Fsp3) is 0.526. The summed E-state index contributed by atoms with van der Waals surface area (Å²) < 4.78 is 29.6. The Balaban J connectivity index is 2.74. The van der Waals surface area contributed by atoms with Gasteiger partial charge in [-0.2, -0.15) is 8.78 Å². The van der Waals surface area contributed by atoms with Crippen LogP contribution in [0.2, 0.25) is 0 Å². The monoisotopic (exact) mass is 399 g/mol. The van der Waals surface area contributed by atoms with E-state index in [-0.39, 0.29) is 5.56 Å². The first-order valence-electron chi connectivity index (χ1n) is 8.98. The van der Waals surface area contributed by atoms with E-state index < -0.39 is 29.9 Å². The fourth-order valence-corrected chi connectivity index (χ4v) is 2.14. The van der Waals surface area contributed by atoms with Gasteiger partial charge in [0.2, 0.25) is 0 Å². The molecule has 0 atom stereocenters. The molecule has 0 aliphatic heterocycles. The SMILES string of the molecule is CCCCN(Cc1ccc(C(=O)NNC(=O)C(F)F)cc1)C(=O)OC(C)(C)C. The molecule has 1 aromatic carbocycles. The van der Waals surface area contributed by atoms with E-state index >= 15 is 0 Å². The lowest BCUT2D eigenvalue weighted by Crippen LogP contribution is -2.44. The number of halogens is 2. The molecule has 0 bridgehead atoms. The highest BCUT2D eigenvalue weighted by Gasteiger charge is 2.22. The van der Waals surface area contributed by atoms with E-state index in [1.54, 1.807) is 43.2 Å². The molecule has 0 aromatic heterocycles. The number of nitrogens with zero attached hydrogens (tertiary/aromatic N) is 1. The van der Waals surface area contributed by atoms with Crippen LogP contribution < -0.4 is 10.9 Å². The molecule has 0 unspecified atom stereocenters. The molecule has 7 nitrogen and oxygen atoms in total. The van der Waals surface area contributed by atoms with Gasteiger partial charge in [0.15, 0.2) is 0 Å². The van der Waals surface area contributed by atoms with E-state index in [9.17, 15) is 23.2 Å². The summed E-state index contributed by atoms with van der Waals surface area (Å²) in [6.07, 6.45) is -1.89. The third-order valence-corrected chi connectivity index (χ3v) is 3.52. The molecular formula is C19H27F2N3O4. The smallest absolute Gasteiger partial charge is 0.410 e. The maximum atomic E-state index is 12.4. The fourth-order valence-electron chi connectivity index (χ4n) is 2.14. The van der Waals surface area contributed by atoms with Crippen molar-refractivity contribution in [2.24, 2.45) is 0 Å². The van der Waals surface area contributed by atoms with Gasteiger partial charge in [-0.15, -0.1) is 0 Å². The molecule has 0 saturated heterocycles. The third-order valence-electron chi connectivity index (χ3n) is 3.52. The number of hydrogen-bond acceptors (Lipinski definition) is 4. The minimum absolute atomic E-state index is 0.177. The van der Waals surface area contributed by atoms with E-state index in [1.165, 1.54) is 12.1 Å². The minimum atomic E-state index is -3.22. The van der Waals surface area contributed by atoms with Crippen LogP contribution in [0.1, 0.15) is 56.5 Å². The Morgan fingerprint density at radius 3 is 2.21 bits per heavy atom. The van der Waals surface area contributed by atoms with Crippen LogP contribution in [-0.2, 0) is 16.1 Å². The van der Waals surface area contributed by atoms with Crippen LogP contribution >= 0.6 is 0 Å². The predicted octanol–water partition coefficient (Wildman–Crippen LogP) is 3.25. The van der Waals surface area contributed by atoms with Crippen LogP contribution in [0.3, 0.4) is 0 Å². The molecule has 28 heavy (non-hydrogen) atoms. The molecule has 0 aliphatic rings. The summed E-state index contributed by atoms with van der Waals surface area (Å²) in [5.41, 5.74) is 3.88. The van der Waals surface area contributed by atoms with Crippen molar-refractivity contribution < 1.29 is 27.9 Å². The molecule has 3 amide bonds. The number of alkyl halides is 2. The topological polar surface area (TPSA) is 87.7 Å². The molecule has 0 saturated carbocycles. The second-order valence-electron chi connectivity index (χ2n) is 7.20. The maximum Gasteiger partial charge on any atom is 0.410 e. The summed E-state index contributed by atoms with van der Waals surface area (Å²) in [7, 11) is 0. The number of ether oxygens (including phenoxy) is 1. The first kappa shape index (κ1) is 23.3. The van der Waals surface area contributed by atoms with Gasteiger partial charge in [-0.1, -0.05) is 25.5 Å². The Hall–Kier alpha value is -2.71. The molecular weight excluding hydrogens is 372 g/mol. The number of carbonyl (C=O) groups is 3. The van der Waals surface area contributed by atoms with Crippen molar-refractivity contribution in [2.75, 3.05) is 6.54 Å². The third kappa shape index (κ3) is 8.32. The van der Waals surface area contributed by atoms with E-state index in [2.05, 4.69) is 0 Å². The van der Waals surface area contributed by atoms with Crippen molar-refractivity contribution in [3.63, 3.8) is 0 Å². The van der Waals surface area contributed by atoms with Gasteiger partial charge in [0.25, 0.3) is 5.91 Å². The van der Waals surface area contributed by atoms with Gasteiger partial charge < -0.3 is 9.64 Å². The summed E-state index contributed by atoms with van der Waals surface area (Å²) in [5, 5.41) is 0. The van der Waals surface area contributed by atoms with Crippen LogP contribution in [0, 0.1) is 0 Å². The number of hydrogen-bond donors (Lipinski definition) is 2. The summed E-state index contributed by atoms with van der Waals surface area (Å²) in [6, 6.07) is 6.25. The summed E-state index contributed by atoms with van der Waals surface area (Å²) in [4.78, 5) is 36.6. The lowest BCUT2D eigenvalue weighted by atomic mass is 10.1. The Kier molecular flexibility index (Phi) is 8.81. The highest BCUT2D eigenvalue weighted by molar-refractivity contribution is 5.95. The zero-order valence-corrected chi connectivity index (χ0v) is 16.6. The molecule has 0 spiro atoms. The largest absolute Gasteiger partial charge is 0.444 e. The number of carbonyl (C=O) groups excluding carboxylic acids is 3. The highest BCUT2D eigenvalue weighted by atomic mass is 19.3. The number of amides is 3. The van der Waals surface area contributed by atoms with Crippen molar-refractivity contribution >= 4 is 17.9 Å². The van der Waals surface area contributed by atoms with Crippen molar-refractivity contribution in [1.82, 2.24) is 15.8 Å². The van der Waals surface area contributed by atoms with Gasteiger partial charge in [-0.3, -0.25) is 20.4 Å². The molecule has 2 N–H and O–H groups in total. The standard InChI is InChI=1S/C19H27F2N3O4/c1-5-6-11-24(18(27)28-19(2,3)4)12-13-7-9-14(10-8-13)16(25)22-23-17(26)15(20)21/h7-10,15H,5-6,11-12H2,1-4H3,(H,22,25)(H,23,26). The lowest BCUT2D eigenvalue weighted by molar-refractivity contribution is -0.132. The Labute approximate surface area is 163 Å². The average Bonchev–Trinajstić information content (AvgIpc) is 2.61. The number of rotatable bonds is 7. The summed E-state index contributed by atoms with van der Waals surface area (Å²) in [6.45, 7) is 8.25. The van der Waals surface area contributed by atoms with Gasteiger partial charge in [0, 0.05) is 18.7 Å². The molecule has 0 aliphatic carbocycles. The molecule has 156 valence electrons. The van der Waals surface area contributed by atoms with Gasteiger partial charge in [-0.05, 0) is 44.9 Å². The Morgan fingerprint density at radius 2 is 1.71 bits per heavy atom. The summed E-state index contributed by atoms with van der Waals surface area (Å²) in [5.74, 6) is -2.32. The maximum absolute atomic E-state index is 12.4. The predicted molar refractivity (Wildman–Crippen MR) is 99.6 cm³/mol. The normalized spacial score (nSPS) is 11.1. The van der Waals surface area contributed by atoms with Crippen LogP contribution in [0.25, 0.3) is 0 Å². The quantitative estimate of drug-likeness (QED) is 0.689. The lowest BCUT2D eigenvalue weighted by Gasteiger charge is -2.27. The van der Waals surface area contributed by atoms with E-state index in [0.29, 0.717) is 13.1 Å². The molecule has 1 rings (SSSR count). The Bertz CT molecular complexity index is 673. The van der Waals surface area contributed by atoms with Crippen molar-refractivity contribution in [3.8, 4) is 0 Å². The number of nitrogens with one attached hydrogen (secondary N) is 2. The molecule has 9 heteroatoms. The molecule has 0 heterocycles. The zero-order chi connectivity index (χ0) is 21.3. The van der Waals surface area contributed by atoms with Gasteiger partial charge in [0.1, 0.15) is 5.60 Å². The van der Waals surface area contributed by atoms with Gasteiger partial charge >= 0.3 is 18.4 Å². The van der Waals surface area contributed by atoms with Crippen LogP contribution in [0.5, 0.6) is 0 Å². The molecule has 0 fully saturated rings. The first-order chi connectivity index (χ1) is 13.0. The van der Waals surface area contributed by atoms with Crippen molar-refractivity contribution in [3.05, 3.63) is 35.4 Å². The average molecular weight is 399 g/mol. The molecule has 1 aromatic rings.